The van der Waals surface area contributed by atoms with Crippen LogP contribution >= 0.6 is 0 Å². The third-order valence-corrected chi connectivity index (χ3v) is 2.33. The molecule has 1 unspecified atom stereocenters. The maximum atomic E-state index is 11.5. The largest absolute Gasteiger partial charge is 0.349 e. The van der Waals surface area contributed by atoms with Crippen LogP contribution in [-0.2, 0) is 9.59 Å². The molecule has 0 saturated carbocycles. The summed E-state index contributed by atoms with van der Waals surface area (Å²) in [7, 11) is 6.95. The molecule has 0 spiro atoms. The van der Waals surface area contributed by atoms with Crippen LogP contribution in [0.5, 0.6) is 0 Å². The molecule has 1 N–H and O–H groups in total. The molecule has 0 aliphatic heterocycles. The van der Waals surface area contributed by atoms with Gasteiger partial charge in [0.25, 0.3) is 0 Å². The van der Waals surface area contributed by atoms with Crippen LogP contribution in [0, 0.1) is 0 Å². The van der Waals surface area contributed by atoms with Gasteiger partial charge >= 0.3 is 0 Å². The first-order valence-corrected chi connectivity index (χ1v) is 5.51. The number of amides is 2. The van der Waals surface area contributed by atoms with E-state index in [9.17, 15) is 9.59 Å². The monoisotopic (exact) mass is 229 g/mol. The maximum absolute atomic E-state index is 11.5. The van der Waals surface area contributed by atoms with Gasteiger partial charge < -0.3 is 15.1 Å². The Balaban J connectivity index is 3.67. The first-order chi connectivity index (χ1) is 7.36. The number of carbonyl (C=O) groups excluding carboxylic acids is 2. The minimum atomic E-state index is -0.190. The van der Waals surface area contributed by atoms with Crippen LogP contribution in [-0.4, -0.2) is 62.4 Å². The zero-order valence-electron chi connectivity index (χ0n) is 10.9. The van der Waals surface area contributed by atoms with E-state index in [0.717, 1.165) is 6.42 Å². The van der Waals surface area contributed by atoms with Gasteiger partial charge in [-0.25, -0.2) is 0 Å². The molecule has 0 aromatic heterocycles. The van der Waals surface area contributed by atoms with Crippen molar-refractivity contribution < 1.29 is 9.59 Å². The van der Waals surface area contributed by atoms with E-state index in [1.54, 1.807) is 38.0 Å². The fraction of sp³-hybridized carbons (Fsp3) is 0.818. The summed E-state index contributed by atoms with van der Waals surface area (Å²) < 4.78 is 0. The van der Waals surface area contributed by atoms with E-state index >= 15 is 0 Å². The summed E-state index contributed by atoms with van der Waals surface area (Å²) in [6, 6.07) is -0.190. The second-order valence-electron chi connectivity index (χ2n) is 4.30. The van der Waals surface area contributed by atoms with Crippen molar-refractivity contribution >= 4 is 11.8 Å². The quantitative estimate of drug-likeness (QED) is 0.648. The number of rotatable bonds is 6. The second kappa shape index (κ2) is 7.22. The maximum Gasteiger partial charge on any atom is 0.238 e. The Kier molecular flexibility index (Phi) is 6.72. The molecule has 1 atom stereocenters. The molecule has 5 nitrogen and oxygen atoms in total. The smallest absolute Gasteiger partial charge is 0.238 e. The fourth-order valence-electron chi connectivity index (χ4n) is 1.26. The van der Waals surface area contributed by atoms with Gasteiger partial charge in [0, 0.05) is 34.6 Å². The topological polar surface area (TPSA) is 52.7 Å². The second-order valence-corrected chi connectivity index (χ2v) is 4.30. The molecule has 5 heteroatoms. The summed E-state index contributed by atoms with van der Waals surface area (Å²) in [5, 5.41) is 3.10. The third kappa shape index (κ3) is 5.70. The predicted molar refractivity (Wildman–Crippen MR) is 64.1 cm³/mol. The molecule has 0 heterocycles. The fourth-order valence-corrected chi connectivity index (χ4v) is 1.26. The number of carbonyl (C=O) groups is 2. The first-order valence-electron chi connectivity index (χ1n) is 5.51. The third-order valence-electron chi connectivity index (χ3n) is 2.33. The van der Waals surface area contributed by atoms with E-state index in [0.29, 0.717) is 13.0 Å². The summed E-state index contributed by atoms with van der Waals surface area (Å²) in [5.74, 6) is 0.173. The highest BCUT2D eigenvalue weighted by atomic mass is 16.2. The van der Waals surface area contributed by atoms with Gasteiger partial charge in [-0.05, 0) is 19.9 Å². The van der Waals surface area contributed by atoms with Gasteiger partial charge in [0.05, 0.1) is 6.04 Å². The van der Waals surface area contributed by atoms with Crippen molar-refractivity contribution in [2.24, 2.45) is 0 Å². The Morgan fingerprint density at radius 2 is 1.69 bits per heavy atom. The van der Waals surface area contributed by atoms with Crippen LogP contribution in [0.3, 0.4) is 0 Å². The van der Waals surface area contributed by atoms with Gasteiger partial charge in [0.15, 0.2) is 0 Å². The summed E-state index contributed by atoms with van der Waals surface area (Å²) in [5.41, 5.74) is 0. The minimum Gasteiger partial charge on any atom is -0.349 e. The van der Waals surface area contributed by atoms with Crippen molar-refractivity contribution in [1.29, 1.82) is 0 Å². The average Bonchev–Trinajstić information content (AvgIpc) is 2.22. The number of likely N-dealkylation sites (N-methyl/N-ethyl adjacent to an activating group) is 1. The zero-order valence-corrected chi connectivity index (χ0v) is 10.9. The highest BCUT2D eigenvalue weighted by Gasteiger charge is 2.13. The highest BCUT2D eigenvalue weighted by molar-refractivity contribution is 5.80. The molecule has 0 saturated heterocycles. The lowest BCUT2D eigenvalue weighted by Crippen LogP contribution is -2.42. The number of nitrogens with one attached hydrogen (secondary N) is 1. The highest BCUT2D eigenvalue weighted by Crippen LogP contribution is 1.94. The number of hydrogen-bond donors (Lipinski definition) is 1. The van der Waals surface area contributed by atoms with E-state index in [1.807, 2.05) is 6.92 Å². The zero-order chi connectivity index (χ0) is 12.7. The molecular weight excluding hydrogens is 206 g/mol. The molecule has 0 aliphatic carbocycles. The van der Waals surface area contributed by atoms with Gasteiger partial charge in [0.1, 0.15) is 0 Å². The Morgan fingerprint density at radius 1 is 1.12 bits per heavy atom. The molecular formula is C11H23N3O2. The first kappa shape index (κ1) is 14.9. The molecule has 16 heavy (non-hydrogen) atoms. The van der Waals surface area contributed by atoms with Crippen LogP contribution in [0.1, 0.15) is 19.8 Å². The Labute approximate surface area is 97.8 Å². The normalized spacial score (nSPS) is 12.1. The lowest BCUT2D eigenvalue weighted by molar-refractivity contribution is -0.130. The summed E-state index contributed by atoms with van der Waals surface area (Å²) in [6.07, 6.45) is 1.27. The molecule has 0 aliphatic rings. The molecule has 0 rings (SSSR count). The predicted octanol–water partition coefficient (Wildman–Crippen LogP) is -0.0789. The SMILES string of the molecule is CC(NCCCC(=O)N(C)C)C(=O)N(C)C. The van der Waals surface area contributed by atoms with Gasteiger partial charge in [0.2, 0.25) is 11.8 Å². The van der Waals surface area contributed by atoms with Crippen molar-refractivity contribution in [2.45, 2.75) is 25.8 Å². The minimum absolute atomic E-state index is 0.0546. The average molecular weight is 229 g/mol. The molecule has 0 aromatic rings. The van der Waals surface area contributed by atoms with Crippen molar-refractivity contribution in [2.75, 3.05) is 34.7 Å². The molecule has 0 fully saturated rings. The van der Waals surface area contributed by atoms with E-state index in [-0.39, 0.29) is 17.9 Å². The lowest BCUT2D eigenvalue weighted by atomic mass is 10.2. The van der Waals surface area contributed by atoms with E-state index in [1.165, 1.54) is 0 Å². The van der Waals surface area contributed by atoms with Crippen molar-refractivity contribution in [3.05, 3.63) is 0 Å². The van der Waals surface area contributed by atoms with E-state index in [2.05, 4.69) is 5.32 Å². The van der Waals surface area contributed by atoms with E-state index in [4.69, 9.17) is 0 Å². The van der Waals surface area contributed by atoms with Crippen LogP contribution in [0.2, 0.25) is 0 Å². The van der Waals surface area contributed by atoms with Crippen LogP contribution in [0.25, 0.3) is 0 Å². The van der Waals surface area contributed by atoms with Crippen LogP contribution in [0.15, 0.2) is 0 Å². The Bertz CT molecular complexity index is 239. The standard InChI is InChI=1S/C11H23N3O2/c1-9(11(16)14(4)5)12-8-6-7-10(15)13(2)3/h9,12H,6-8H2,1-5H3. The molecule has 94 valence electrons. The van der Waals surface area contributed by atoms with Gasteiger partial charge in [-0.3, -0.25) is 9.59 Å². The molecule has 2 amide bonds. The lowest BCUT2D eigenvalue weighted by Gasteiger charge is -2.18. The van der Waals surface area contributed by atoms with Gasteiger partial charge in [-0.15, -0.1) is 0 Å². The summed E-state index contributed by atoms with van der Waals surface area (Å²) >= 11 is 0. The van der Waals surface area contributed by atoms with Crippen LogP contribution in [0.4, 0.5) is 0 Å². The van der Waals surface area contributed by atoms with Crippen molar-refractivity contribution in [3.8, 4) is 0 Å². The van der Waals surface area contributed by atoms with E-state index < -0.39 is 0 Å². The van der Waals surface area contributed by atoms with Crippen molar-refractivity contribution in [3.63, 3.8) is 0 Å². The molecule has 0 aromatic carbocycles. The van der Waals surface area contributed by atoms with Gasteiger partial charge in [-0.1, -0.05) is 0 Å². The Hall–Kier alpha value is -1.10. The Morgan fingerprint density at radius 3 is 2.12 bits per heavy atom. The van der Waals surface area contributed by atoms with Crippen LogP contribution < -0.4 is 5.32 Å². The number of nitrogens with zero attached hydrogens (tertiary/aromatic N) is 2. The summed E-state index contributed by atoms with van der Waals surface area (Å²) in [6.45, 7) is 2.51. The molecule has 0 bridgehead atoms. The van der Waals surface area contributed by atoms with Gasteiger partial charge in [-0.2, -0.15) is 0 Å². The van der Waals surface area contributed by atoms with Crippen molar-refractivity contribution in [1.82, 2.24) is 15.1 Å². The number of hydrogen-bond acceptors (Lipinski definition) is 3. The molecule has 0 radical (unpaired) electrons. The summed E-state index contributed by atoms with van der Waals surface area (Å²) in [4.78, 5) is 25.9.